The largest absolute Gasteiger partial charge is 0.496 e. The van der Waals surface area contributed by atoms with E-state index >= 15 is 0 Å². The maximum absolute atomic E-state index is 13.5. The Morgan fingerprint density at radius 2 is 2.03 bits per heavy atom. The molecule has 0 saturated carbocycles. The number of amides is 2. The number of rotatable bonds is 7. The molecule has 1 atom stereocenters. The molecule has 1 aromatic carbocycles. The highest BCUT2D eigenvalue weighted by atomic mass is 32.1. The van der Waals surface area contributed by atoms with Gasteiger partial charge in [-0.05, 0) is 30.3 Å². The summed E-state index contributed by atoms with van der Waals surface area (Å²) in [7, 11) is 1.52. The molecule has 9 nitrogen and oxygen atoms in total. The van der Waals surface area contributed by atoms with Gasteiger partial charge in [-0.25, -0.2) is 13.8 Å². The highest BCUT2D eigenvalue weighted by Crippen LogP contribution is 2.42. The van der Waals surface area contributed by atoms with Crippen molar-refractivity contribution in [2.45, 2.75) is 19.0 Å². The third kappa shape index (κ3) is 4.15. The van der Waals surface area contributed by atoms with E-state index in [1.165, 1.54) is 13.4 Å². The van der Waals surface area contributed by atoms with Gasteiger partial charge in [0.15, 0.2) is 0 Å². The van der Waals surface area contributed by atoms with E-state index in [0.717, 1.165) is 17.4 Å². The van der Waals surface area contributed by atoms with Crippen LogP contribution in [0.4, 0.5) is 14.5 Å². The van der Waals surface area contributed by atoms with Crippen molar-refractivity contribution < 1.29 is 32.4 Å². The van der Waals surface area contributed by atoms with Crippen LogP contribution in [0.3, 0.4) is 0 Å². The van der Waals surface area contributed by atoms with Crippen molar-refractivity contribution in [3.05, 3.63) is 64.9 Å². The summed E-state index contributed by atoms with van der Waals surface area (Å²) in [6.45, 7) is 0. The van der Waals surface area contributed by atoms with Crippen LogP contribution in [0.1, 0.15) is 33.8 Å². The lowest BCUT2D eigenvalue weighted by atomic mass is 10.0. The smallest absolute Gasteiger partial charge is 0.280 e. The standard InChI is InChI=1S/C24H18F2N4O5S/c1-33-15-6-3-2-5-11(15)13-10-17(35-30-13)23(32)29-19-18-12(16-7-4-8-34-16)9-14(21(25)26)28-24(18)36-20(19)22(27)31/h2-9,17,21H,10H2,1H3,(H2,27,31)(H,29,32). The van der Waals surface area contributed by atoms with E-state index in [9.17, 15) is 18.4 Å². The van der Waals surface area contributed by atoms with E-state index in [1.54, 1.807) is 36.4 Å². The predicted molar refractivity (Wildman–Crippen MR) is 128 cm³/mol. The quantitative estimate of drug-likeness (QED) is 0.368. The second kappa shape index (κ2) is 9.38. The number of pyridine rings is 1. The summed E-state index contributed by atoms with van der Waals surface area (Å²) >= 11 is 0.801. The van der Waals surface area contributed by atoms with Gasteiger partial charge in [0.05, 0.1) is 24.8 Å². The molecule has 0 radical (unpaired) electrons. The first-order chi connectivity index (χ1) is 17.4. The zero-order chi connectivity index (χ0) is 25.4. The number of furan rings is 1. The predicted octanol–water partition coefficient (Wildman–Crippen LogP) is 4.73. The number of halogens is 2. The number of hydrogen-bond acceptors (Lipinski definition) is 8. The number of nitrogens with two attached hydrogens (primary N) is 1. The lowest BCUT2D eigenvalue weighted by Crippen LogP contribution is -2.29. The number of anilines is 1. The molecule has 1 aliphatic heterocycles. The molecule has 0 bridgehead atoms. The number of carbonyl (C=O) groups is 2. The maximum atomic E-state index is 13.5. The molecule has 3 N–H and O–H groups in total. The van der Waals surface area contributed by atoms with Gasteiger partial charge in [-0.2, -0.15) is 0 Å². The van der Waals surface area contributed by atoms with Gasteiger partial charge in [0, 0.05) is 22.9 Å². The highest BCUT2D eigenvalue weighted by molar-refractivity contribution is 7.21. The number of ether oxygens (including phenoxy) is 1. The van der Waals surface area contributed by atoms with Gasteiger partial charge in [0.1, 0.15) is 26.9 Å². The second-order valence-electron chi connectivity index (χ2n) is 7.75. The first kappa shape index (κ1) is 23.4. The Morgan fingerprint density at radius 3 is 2.72 bits per heavy atom. The zero-order valence-corrected chi connectivity index (χ0v) is 19.5. The third-order valence-corrected chi connectivity index (χ3v) is 6.64. The average molecular weight is 512 g/mol. The Morgan fingerprint density at radius 1 is 1.22 bits per heavy atom. The first-order valence-corrected chi connectivity index (χ1v) is 11.4. The van der Waals surface area contributed by atoms with Gasteiger partial charge in [-0.15, -0.1) is 11.3 Å². The Balaban J connectivity index is 1.51. The molecule has 12 heteroatoms. The topological polar surface area (TPSA) is 129 Å². The van der Waals surface area contributed by atoms with Crippen molar-refractivity contribution in [3.63, 3.8) is 0 Å². The van der Waals surface area contributed by atoms with Crippen molar-refractivity contribution in [2.24, 2.45) is 10.9 Å². The monoisotopic (exact) mass is 512 g/mol. The number of benzene rings is 1. The van der Waals surface area contributed by atoms with E-state index in [2.05, 4.69) is 15.5 Å². The minimum atomic E-state index is -2.86. The summed E-state index contributed by atoms with van der Waals surface area (Å²) in [6, 6.07) is 11.5. The summed E-state index contributed by atoms with van der Waals surface area (Å²) in [6.07, 6.45) is -2.36. The van der Waals surface area contributed by atoms with E-state index < -0.39 is 30.0 Å². The van der Waals surface area contributed by atoms with Crippen LogP contribution in [0.15, 0.2) is 58.3 Å². The number of hydrogen-bond donors (Lipinski definition) is 2. The molecule has 0 fully saturated rings. The van der Waals surface area contributed by atoms with E-state index in [1.807, 2.05) is 0 Å². The highest BCUT2D eigenvalue weighted by Gasteiger charge is 2.33. The number of carbonyl (C=O) groups excluding carboxylic acids is 2. The third-order valence-electron chi connectivity index (χ3n) is 5.54. The minimum absolute atomic E-state index is 0.0431. The molecule has 184 valence electrons. The van der Waals surface area contributed by atoms with E-state index in [0.29, 0.717) is 17.0 Å². The summed E-state index contributed by atoms with van der Waals surface area (Å²) < 4.78 is 37.9. The number of oxime groups is 1. The van der Waals surface area contributed by atoms with Crippen LogP contribution >= 0.6 is 11.3 Å². The molecular weight excluding hydrogens is 494 g/mol. The minimum Gasteiger partial charge on any atom is -0.496 e. The van der Waals surface area contributed by atoms with Crippen LogP contribution in [0.25, 0.3) is 21.5 Å². The molecule has 4 aromatic rings. The number of para-hydroxylation sites is 1. The molecule has 2 amide bonds. The normalized spacial score (nSPS) is 15.1. The zero-order valence-electron chi connectivity index (χ0n) is 18.7. The fraction of sp³-hybridized carbons (Fsp3) is 0.167. The molecular formula is C24H18F2N4O5S. The number of nitrogens with one attached hydrogen (secondary N) is 1. The van der Waals surface area contributed by atoms with E-state index in [4.69, 9.17) is 19.7 Å². The molecule has 4 heterocycles. The molecule has 3 aromatic heterocycles. The van der Waals surface area contributed by atoms with Gasteiger partial charge >= 0.3 is 0 Å². The summed E-state index contributed by atoms with van der Waals surface area (Å²) in [5.41, 5.74) is 6.52. The van der Waals surface area contributed by atoms with Crippen molar-refractivity contribution in [2.75, 3.05) is 12.4 Å². The number of alkyl halides is 2. The number of fused-ring (bicyclic) bond motifs is 1. The number of primary amides is 1. The first-order valence-electron chi connectivity index (χ1n) is 10.6. The van der Waals surface area contributed by atoms with Crippen molar-refractivity contribution in [1.29, 1.82) is 0 Å². The van der Waals surface area contributed by atoms with Crippen LogP contribution in [-0.2, 0) is 9.63 Å². The molecule has 5 rings (SSSR count). The van der Waals surface area contributed by atoms with Crippen molar-refractivity contribution in [3.8, 4) is 17.1 Å². The van der Waals surface area contributed by atoms with Crippen molar-refractivity contribution in [1.82, 2.24) is 4.98 Å². The van der Waals surface area contributed by atoms with Gasteiger partial charge in [0.25, 0.3) is 18.2 Å². The Hall–Kier alpha value is -4.32. The molecule has 0 saturated heterocycles. The molecule has 0 spiro atoms. The lowest BCUT2D eigenvalue weighted by molar-refractivity contribution is -0.125. The number of methoxy groups -OCH3 is 1. The molecule has 1 aliphatic rings. The molecule has 0 aliphatic carbocycles. The fourth-order valence-corrected chi connectivity index (χ4v) is 4.93. The second-order valence-corrected chi connectivity index (χ2v) is 8.75. The van der Waals surface area contributed by atoms with Crippen LogP contribution in [0, 0.1) is 0 Å². The maximum Gasteiger partial charge on any atom is 0.280 e. The number of aromatic nitrogens is 1. The number of nitrogens with zero attached hydrogens (tertiary/aromatic N) is 2. The Bertz CT molecular complexity index is 1500. The Labute approximate surface area is 206 Å². The van der Waals surface area contributed by atoms with Gasteiger partial charge in [-0.3, -0.25) is 9.59 Å². The summed E-state index contributed by atoms with van der Waals surface area (Å²) in [5.74, 6) is -0.623. The average Bonchev–Trinajstić information content (AvgIpc) is 3.63. The lowest BCUT2D eigenvalue weighted by Gasteiger charge is -2.12. The van der Waals surface area contributed by atoms with Crippen LogP contribution < -0.4 is 15.8 Å². The van der Waals surface area contributed by atoms with Crippen LogP contribution in [0.5, 0.6) is 5.75 Å². The van der Waals surface area contributed by atoms with Crippen LogP contribution in [-0.4, -0.2) is 35.7 Å². The summed E-state index contributed by atoms with van der Waals surface area (Å²) in [4.78, 5) is 34.8. The van der Waals surface area contributed by atoms with Gasteiger partial charge in [-0.1, -0.05) is 17.3 Å². The SMILES string of the molecule is COc1ccccc1C1=NOC(C(=O)Nc2c(C(N)=O)sc3nc(C(F)F)cc(-c4ccco4)c23)C1. The fourth-order valence-electron chi connectivity index (χ4n) is 3.91. The van der Waals surface area contributed by atoms with Gasteiger partial charge < -0.3 is 25.0 Å². The number of thiophene rings is 1. The van der Waals surface area contributed by atoms with Gasteiger partial charge in [0.2, 0.25) is 6.10 Å². The van der Waals surface area contributed by atoms with E-state index in [-0.39, 0.29) is 38.5 Å². The van der Waals surface area contributed by atoms with Crippen molar-refractivity contribution >= 4 is 44.8 Å². The molecule has 36 heavy (non-hydrogen) atoms. The molecule has 1 unspecified atom stereocenters. The summed E-state index contributed by atoms with van der Waals surface area (Å²) in [5, 5.41) is 6.97. The van der Waals surface area contributed by atoms with Crippen LogP contribution in [0.2, 0.25) is 0 Å². The Kier molecular flexibility index (Phi) is 6.10.